The summed E-state index contributed by atoms with van der Waals surface area (Å²) in [5.41, 5.74) is 1.41. The third-order valence-corrected chi connectivity index (χ3v) is 4.24. The summed E-state index contributed by atoms with van der Waals surface area (Å²) in [5, 5.41) is 3.05. The fourth-order valence-electron chi connectivity index (χ4n) is 2.78. The van der Waals surface area contributed by atoms with Gasteiger partial charge in [0.15, 0.2) is 0 Å². The zero-order valence-corrected chi connectivity index (χ0v) is 13.9. The fourth-order valence-corrected chi connectivity index (χ4v) is 2.96. The van der Waals surface area contributed by atoms with Gasteiger partial charge in [-0.1, -0.05) is 23.7 Å². The maximum atomic E-state index is 12.7. The number of halogens is 1. The summed E-state index contributed by atoms with van der Waals surface area (Å²) in [4.78, 5) is 30.8. The number of amides is 2. The monoisotopic (exact) mass is 343 g/mol. The van der Waals surface area contributed by atoms with Crippen molar-refractivity contribution in [3.8, 4) is 0 Å². The highest BCUT2D eigenvalue weighted by Crippen LogP contribution is 2.21. The Morgan fingerprint density at radius 3 is 2.58 bits per heavy atom. The number of pyridine rings is 1. The molecule has 3 rings (SSSR count). The third-order valence-electron chi connectivity index (χ3n) is 4.04. The van der Waals surface area contributed by atoms with Gasteiger partial charge in [0, 0.05) is 24.8 Å². The lowest BCUT2D eigenvalue weighted by Gasteiger charge is -2.27. The highest BCUT2D eigenvalue weighted by Gasteiger charge is 2.21. The van der Waals surface area contributed by atoms with Crippen molar-refractivity contribution in [2.45, 2.75) is 19.3 Å². The number of nitrogens with zero attached hydrogens (tertiary/aromatic N) is 2. The van der Waals surface area contributed by atoms with E-state index in [-0.39, 0.29) is 17.0 Å². The van der Waals surface area contributed by atoms with Crippen LogP contribution in [0.5, 0.6) is 0 Å². The summed E-state index contributed by atoms with van der Waals surface area (Å²) in [6.07, 6.45) is 4.68. The van der Waals surface area contributed by atoms with Crippen LogP contribution in [-0.2, 0) is 0 Å². The standard InChI is InChI=1S/C18H18ClN3O2/c19-16-12-13(8-9-20-16)17(23)21-15-7-3-2-6-14(15)18(24)22-10-4-1-5-11-22/h2-3,6-9,12H,1,4-5,10-11H2,(H,21,23). The van der Waals surface area contributed by atoms with Crippen molar-refractivity contribution in [3.05, 3.63) is 58.9 Å². The van der Waals surface area contributed by atoms with Gasteiger partial charge in [-0.15, -0.1) is 0 Å². The van der Waals surface area contributed by atoms with Crippen LogP contribution >= 0.6 is 11.6 Å². The SMILES string of the molecule is O=C(Nc1ccccc1C(=O)N1CCCCC1)c1ccnc(Cl)c1. The molecule has 1 aromatic carbocycles. The molecule has 6 heteroatoms. The van der Waals surface area contributed by atoms with Crippen molar-refractivity contribution in [2.75, 3.05) is 18.4 Å². The summed E-state index contributed by atoms with van der Waals surface area (Å²) in [6.45, 7) is 1.53. The zero-order valence-electron chi connectivity index (χ0n) is 13.2. The second kappa shape index (κ2) is 7.45. The summed E-state index contributed by atoms with van der Waals surface area (Å²) in [5.74, 6) is -0.364. The molecule has 1 aliphatic rings. The number of carbonyl (C=O) groups is 2. The largest absolute Gasteiger partial charge is 0.339 e. The second-order valence-corrected chi connectivity index (χ2v) is 6.11. The molecule has 1 aromatic heterocycles. The van der Waals surface area contributed by atoms with E-state index in [0.717, 1.165) is 32.4 Å². The van der Waals surface area contributed by atoms with E-state index in [0.29, 0.717) is 16.8 Å². The molecule has 1 N–H and O–H groups in total. The van der Waals surface area contributed by atoms with E-state index in [2.05, 4.69) is 10.3 Å². The lowest BCUT2D eigenvalue weighted by molar-refractivity contribution is 0.0725. The summed E-state index contributed by atoms with van der Waals surface area (Å²) >= 11 is 5.82. The molecule has 5 nitrogen and oxygen atoms in total. The molecule has 0 bridgehead atoms. The van der Waals surface area contributed by atoms with Crippen molar-refractivity contribution in [3.63, 3.8) is 0 Å². The van der Waals surface area contributed by atoms with E-state index in [1.807, 2.05) is 4.90 Å². The van der Waals surface area contributed by atoms with Crippen LogP contribution in [0.3, 0.4) is 0 Å². The Hall–Kier alpha value is -2.40. The summed E-state index contributed by atoms with van der Waals surface area (Å²) in [7, 11) is 0. The lowest BCUT2D eigenvalue weighted by Crippen LogP contribution is -2.36. The third kappa shape index (κ3) is 3.74. The van der Waals surface area contributed by atoms with Crippen LogP contribution < -0.4 is 5.32 Å². The average Bonchev–Trinajstić information content (AvgIpc) is 2.62. The molecule has 1 aliphatic heterocycles. The van der Waals surface area contributed by atoms with Gasteiger partial charge in [-0.3, -0.25) is 9.59 Å². The Morgan fingerprint density at radius 1 is 1.08 bits per heavy atom. The number of anilines is 1. The number of nitrogens with one attached hydrogen (secondary N) is 1. The van der Waals surface area contributed by atoms with Gasteiger partial charge in [0.2, 0.25) is 0 Å². The maximum absolute atomic E-state index is 12.7. The molecule has 2 heterocycles. The molecule has 0 atom stereocenters. The van der Waals surface area contributed by atoms with Gasteiger partial charge in [-0.2, -0.15) is 0 Å². The van der Waals surface area contributed by atoms with Crippen LogP contribution in [0.1, 0.15) is 40.0 Å². The van der Waals surface area contributed by atoms with E-state index in [1.54, 1.807) is 30.3 Å². The van der Waals surface area contributed by atoms with Crippen LogP contribution in [-0.4, -0.2) is 34.8 Å². The summed E-state index contributed by atoms with van der Waals surface area (Å²) in [6, 6.07) is 10.1. The number of para-hydroxylation sites is 1. The van der Waals surface area contributed by atoms with Crippen molar-refractivity contribution >= 4 is 29.1 Å². The first kappa shape index (κ1) is 16.5. The molecule has 0 aliphatic carbocycles. The number of piperidine rings is 1. The molecule has 1 fully saturated rings. The first-order chi connectivity index (χ1) is 11.6. The zero-order chi connectivity index (χ0) is 16.9. The first-order valence-corrected chi connectivity index (χ1v) is 8.34. The molecule has 0 spiro atoms. The van der Waals surface area contributed by atoms with Crippen LogP contribution in [0.15, 0.2) is 42.6 Å². The van der Waals surface area contributed by atoms with Gasteiger partial charge in [0.1, 0.15) is 5.15 Å². The van der Waals surface area contributed by atoms with Gasteiger partial charge in [-0.05, 0) is 43.5 Å². The van der Waals surface area contributed by atoms with E-state index >= 15 is 0 Å². The van der Waals surface area contributed by atoms with E-state index in [1.165, 1.54) is 12.3 Å². The molecule has 1 saturated heterocycles. The second-order valence-electron chi connectivity index (χ2n) is 5.72. The molecule has 0 radical (unpaired) electrons. The normalized spacial score (nSPS) is 14.3. The van der Waals surface area contributed by atoms with Gasteiger partial charge in [-0.25, -0.2) is 4.98 Å². The number of aromatic nitrogens is 1. The molecular formula is C18H18ClN3O2. The molecular weight excluding hydrogens is 326 g/mol. The van der Waals surface area contributed by atoms with Crippen molar-refractivity contribution in [2.24, 2.45) is 0 Å². The number of rotatable bonds is 3. The number of hydrogen-bond donors (Lipinski definition) is 1. The van der Waals surface area contributed by atoms with E-state index in [4.69, 9.17) is 11.6 Å². The van der Waals surface area contributed by atoms with E-state index < -0.39 is 0 Å². The van der Waals surface area contributed by atoms with Gasteiger partial charge in [0.25, 0.3) is 11.8 Å². The quantitative estimate of drug-likeness (QED) is 0.866. The van der Waals surface area contributed by atoms with Crippen molar-refractivity contribution < 1.29 is 9.59 Å². The van der Waals surface area contributed by atoms with Gasteiger partial charge >= 0.3 is 0 Å². The fraction of sp³-hybridized carbons (Fsp3) is 0.278. The number of benzene rings is 1. The predicted octanol–water partition coefficient (Wildman–Crippen LogP) is 3.61. The Morgan fingerprint density at radius 2 is 1.83 bits per heavy atom. The minimum atomic E-state index is -0.321. The maximum Gasteiger partial charge on any atom is 0.255 e. The minimum Gasteiger partial charge on any atom is -0.339 e. The molecule has 2 aromatic rings. The Bertz CT molecular complexity index is 757. The van der Waals surface area contributed by atoms with E-state index in [9.17, 15) is 9.59 Å². The minimum absolute atomic E-state index is 0.0432. The van der Waals surface area contributed by atoms with Crippen LogP contribution in [0.2, 0.25) is 5.15 Å². The molecule has 0 saturated carbocycles. The molecule has 2 amide bonds. The van der Waals surface area contributed by atoms with Crippen LogP contribution in [0.4, 0.5) is 5.69 Å². The van der Waals surface area contributed by atoms with Crippen molar-refractivity contribution in [1.29, 1.82) is 0 Å². The topological polar surface area (TPSA) is 62.3 Å². The van der Waals surface area contributed by atoms with Gasteiger partial charge < -0.3 is 10.2 Å². The summed E-state index contributed by atoms with van der Waals surface area (Å²) < 4.78 is 0. The molecule has 0 unspecified atom stereocenters. The van der Waals surface area contributed by atoms with Gasteiger partial charge in [0.05, 0.1) is 11.3 Å². The first-order valence-electron chi connectivity index (χ1n) is 7.96. The lowest BCUT2D eigenvalue weighted by atomic mass is 10.1. The highest BCUT2D eigenvalue weighted by atomic mass is 35.5. The average molecular weight is 344 g/mol. The number of hydrogen-bond acceptors (Lipinski definition) is 3. The van der Waals surface area contributed by atoms with Crippen LogP contribution in [0, 0.1) is 0 Å². The Labute approximate surface area is 145 Å². The Kier molecular flexibility index (Phi) is 5.11. The van der Waals surface area contributed by atoms with Crippen LogP contribution in [0.25, 0.3) is 0 Å². The van der Waals surface area contributed by atoms with Crippen molar-refractivity contribution in [1.82, 2.24) is 9.88 Å². The highest BCUT2D eigenvalue weighted by molar-refractivity contribution is 6.29. The molecule has 124 valence electrons. The number of carbonyl (C=O) groups excluding carboxylic acids is 2. The smallest absolute Gasteiger partial charge is 0.255 e. The Balaban J connectivity index is 1.81. The number of likely N-dealkylation sites (tertiary alicyclic amines) is 1. The molecule has 24 heavy (non-hydrogen) atoms. The predicted molar refractivity (Wildman–Crippen MR) is 93.4 cm³/mol.